The summed E-state index contributed by atoms with van der Waals surface area (Å²) in [7, 11) is 0. The Morgan fingerprint density at radius 1 is 1.35 bits per heavy atom. The van der Waals surface area contributed by atoms with E-state index in [0.717, 1.165) is 31.3 Å². The number of nitrogens with one attached hydrogen (secondary N) is 1. The highest BCUT2D eigenvalue weighted by molar-refractivity contribution is 7.13. The van der Waals surface area contributed by atoms with Crippen molar-refractivity contribution in [2.75, 3.05) is 23.7 Å². The maximum absolute atomic E-state index is 14.8. The summed E-state index contributed by atoms with van der Waals surface area (Å²) in [5, 5.41) is 4.72. The van der Waals surface area contributed by atoms with Gasteiger partial charge in [-0.1, -0.05) is 11.6 Å². The van der Waals surface area contributed by atoms with Gasteiger partial charge in [0.05, 0.1) is 18.8 Å². The number of thiazole rings is 1. The van der Waals surface area contributed by atoms with Crippen LogP contribution in [0.5, 0.6) is 0 Å². The number of cyclic esters (lactones) is 1. The van der Waals surface area contributed by atoms with Crippen LogP contribution in [0.3, 0.4) is 0 Å². The summed E-state index contributed by atoms with van der Waals surface area (Å²) in [5.74, 6) is -0.317. The molecule has 2 fully saturated rings. The fraction of sp³-hybridized carbons (Fsp3) is 0.417. The number of nitrogen functional groups attached to an aromatic ring is 1. The van der Waals surface area contributed by atoms with Gasteiger partial charge in [-0.2, -0.15) is 0 Å². The zero-order valence-electron chi connectivity index (χ0n) is 18.9. The van der Waals surface area contributed by atoms with Crippen molar-refractivity contribution >= 4 is 46.0 Å². The minimum atomic E-state index is -0.561. The first kappa shape index (κ1) is 23.9. The fourth-order valence-electron chi connectivity index (χ4n) is 4.30. The Kier molecular flexibility index (Phi) is 7.26. The number of aromatic nitrogens is 1. The van der Waals surface area contributed by atoms with Crippen LogP contribution in [-0.2, 0) is 9.53 Å². The van der Waals surface area contributed by atoms with Crippen molar-refractivity contribution in [2.45, 2.75) is 45.1 Å². The number of allylic oxidation sites excluding steroid dienone is 1. The number of ketones is 1. The minimum absolute atomic E-state index is 0.0202. The van der Waals surface area contributed by atoms with Gasteiger partial charge in [-0.05, 0) is 49.8 Å². The van der Waals surface area contributed by atoms with Crippen LogP contribution in [0.2, 0.25) is 0 Å². The molecule has 4 rings (SSSR count). The van der Waals surface area contributed by atoms with Crippen LogP contribution in [0.4, 0.5) is 20.0 Å². The Labute approximate surface area is 201 Å². The molecule has 180 valence electrons. The summed E-state index contributed by atoms with van der Waals surface area (Å²) >= 11 is 1.27. The van der Waals surface area contributed by atoms with Gasteiger partial charge in [-0.3, -0.25) is 14.5 Å². The van der Waals surface area contributed by atoms with E-state index >= 15 is 0 Å². The Balaban J connectivity index is 1.33. The average Bonchev–Trinajstić information content (AvgIpc) is 3.40. The number of halogens is 1. The van der Waals surface area contributed by atoms with Crippen LogP contribution >= 0.6 is 11.3 Å². The number of Topliss-reactive ketones (excluding diaryl/α,β-unsaturated/α-hetero) is 1. The molecule has 0 spiro atoms. The lowest BCUT2D eigenvalue weighted by molar-refractivity contribution is -0.119. The molecule has 34 heavy (non-hydrogen) atoms. The first-order valence-corrected chi connectivity index (χ1v) is 12.1. The van der Waals surface area contributed by atoms with E-state index < -0.39 is 18.0 Å². The second kappa shape index (κ2) is 10.3. The summed E-state index contributed by atoms with van der Waals surface area (Å²) in [5.41, 5.74) is 8.08. The van der Waals surface area contributed by atoms with Crippen molar-refractivity contribution in [3.05, 3.63) is 46.2 Å². The van der Waals surface area contributed by atoms with E-state index in [4.69, 9.17) is 10.5 Å². The van der Waals surface area contributed by atoms with Gasteiger partial charge in [0.2, 0.25) is 5.91 Å². The Bertz CT molecular complexity index is 1120. The molecule has 1 aliphatic carbocycles. The number of carbonyl (C=O) groups excluding carboxylic acids is 3. The van der Waals surface area contributed by atoms with Crippen LogP contribution in [0.15, 0.2) is 29.2 Å². The highest BCUT2D eigenvalue weighted by Gasteiger charge is 2.32. The second-order valence-corrected chi connectivity index (χ2v) is 9.59. The normalized spacial score (nSPS) is 20.2. The van der Waals surface area contributed by atoms with Gasteiger partial charge in [0.15, 0.2) is 10.9 Å². The van der Waals surface area contributed by atoms with Gasteiger partial charge < -0.3 is 15.8 Å². The average molecular weight is 487 g/mol. The van der Waals surface area contributed by atoms with Crippen LogP contribution in [0.1, 0.15) is 55.1 Å². The predicted molar refractivity (Wildman–Crippen MR) is 128 cm³/mol. The van der Waals surface area contributed by atoms with Crippen molar-refractivity contribution in [1.29, 1.82) is 0 Å². The summed E-state index contributed by atoms with van der Waals surface area (Å²) in [6, 6.07) is 4.69. The number of anilines is 2. The number of hydrogen-bond acceptors (Lipinski definition) is 7. The molecule has 1 aliphatic heterocycles. The number of nitrogens with zero attached hydrogens (tertiary/aromatic N) is 2. The Morgan fingerprint density at radius 2 is 2.12 bits per heavy atom. The van der Waals surface area contributed by atoms with Crippen LogP contribution in [0, 0.1) is 11.7 Å². The monoisotopic (exact) mass is 486 g/mol. The fourth-order valence-corrected chi connectivity index (χ4v) is 4.86. The Morgan fingerprint density at radius 3 is 2.76 bits per heavy atom. The molecule has 0 bridgehead atoms. The molecule has 1 saturated heterocycles. The van der Waals surface area contributed by atoms with Gasteiger partial charge in [0, 0.05) is 24.3 Å². The minimum Gasteiger partial charge on any atom is -0.442 e. The lowest BCUT2D eigenvalue weighted by Crippen LogP contribution is -2.33. The van der Waals surface area contributed by atoms with Gasteiger partial charge in [0.25, 0.3) is 0 Å². The summed E-state index contributed by atoms with van der Waals surface area (Å²) in [6.07, 6.45) is 4.63. The molecular formula is C24H27FN4O4S. The number of nitrogens with two attached hydrogens (primary N) is 1. The number of hydrogen-bond donors (Lipinski definition) is 2. The van der Waals surface area contributed by atoms with E-state index in [0.29, 0.717) is 28.5 Å². The number of benzene rings is 1. The van der Waals surface area contributed by atoms with Crippen LogP contribution < -0.4 is 16.0 Å². The van der Waals surface area contributed by atoms with Gasteiger partial charge >= 0.3 is 6.09 Å². The number of ether oxygens (including phenoxy) is 1. The van der Waals surface area contributed by atoms with E-state index in [1.165, 1.54) is 29.2 Å². The number of rotatable bonds is 7. The smallest absolute Gasteiger partial charge is 0.414 e. The first-order chi connectivity index (χ1) is 16.3. The molecule has 1 aromatic carbocycles. The molecular weight excluding hydrogens is 459 g/mol. The van der Waals surface area contributed by atoms with Gasteiger partial charge in [-0.15, -0.1) is 11.3 Å². The van der Waals surface area contributed by atoms with E-state index in [2.05, 4.69) is 10.3 Å². The first-order valence-electron chi connectivity index (χ1n) is 11.2. The lowest BCUT2D eigenvalue weighted by Gasteiger charge is -2.23. The van der Waals surface area contributed by atoms with Crippen molar-refractivity contribution in [3.8, 4) is 0 Å². The highest BCUT2D eigenvalue weighted by atomic mass is 32.1. The molecule has 0 unspecified atom stereocenters. The molecule has 3 N–H and O–H groups in total. The number of amides is 2. The molecule has 10 heteroatoms. The molecule has 2 aliphatic rings. The molecule has 1 atom stereocenters. The van der Waals surface area contributed by atoms with Crippen LogP contribution in [0.25, 0.3) is 6.08 Å². The molecule has 2 heterocycles. The largest absolute Gasteiger partial charge is 0.442 e. The SMILES string of the molecule is CC(=O)NC[C@H]1CN(c2ccc(C=C3CCC(CC(=O)c4csc(N)n4)CC3)c(F)c2)C(=O)O1. The van der Waals surface area contributed by atoms with E-state index in [1.807, 2.05) is 6.08 Å². The predicted octanol–water partition coefficient (Wildman–Crippen LogP) is 4.17. The molecule has 2 aromatic rings. The van der Waals surface area contributed by atoms with E-state index in [9.17, 15) is 18.8 Å². The lowest BCUT2D eigenvalue weighted by atomic mass is 9.82. The maximum atomic E-state index is 14.8. The molecule has 1 aromatic heterocycles. The topological polar surface area (TPSA) is 115 Å². The quantitative estimate of drug-likeness (QED) is 0.568. The van der Waals surface area contributed by atoms with E-state index in [1.54, 1.807) is 17.5 Å². The maximum Gasteiger partial charge on any atom is 0.414 e. The Hall–Kier alpha value is -3.27. The van der Waals surface area contributed by atoms with Crippen molar-refractivity contribution in [2.24, 2.45) is 5.92 Å². The third-order valence-corrected chi connectivity index (χ3v) is 6.81. The van der Waals surface area contributed by atoms with Crippen molar-refractivity contribution in [3.63, 3.8) is 0 Å². The molecule has 8 nitrogen and oxygen atoms in total. The standard InChI is InChI=1S/C24H27FN4O4S/c1-14(30)27-11-19-12-29(24(32)33-19)18-7-6-17(20(25)10-18)8-15-2-4-16(5-3-15)9-22(31)21-13-34-23(26)28-21/h6-8,10,13,16,19H,2-5,9,11-12H2,1H3,(H2,26,28)(H,27,30)/t16?,19-/m0/s1. The third-order valence-electron chi connectivity index (χ3n) is 6.14. The summed E-state index contributed by atoms with van der Waals surface area (Å²) < 4.78 is 20.1. The van der Waals surface area contributed by atoms with Gasteiger partial charge in [-0.25, -0.2) is 14.2 Å². The van der Waals surface area contributed by atoms with Crippen molar-refractivity contribution < 1.29 is 23.5 Å². The van der Waals surface area contributed by atoms with Gasteiger partial charge in [0.1, 0.15) is 17.6 Å². The molecule has 1 saturated carbocycles. The van der Waals surface area contributed by atoms with Crippen LogP contribution in [-0.4, -0.2) is 42.0 Å². The molecule has 0 radical (unpaired) electrons. The van der Waals surface area contributed by atoms with Crippen molar-refractivity contribution in [1.82, 2.24) is 10.3 Å². The zero-order chi connectivity index (χ0) is 24.2. The number of carbonyl (C=O) groups is 3. The zero-order valence-corrected chi connectivity index (χ0v) is 19.7. The summed E-state index contributed by atoms with van der Waals surface area (Å²) in [6.45, 7) is 1.85. The third kappa shape index (κ3) is 5.80. The summed E-state index contributed by atoms with van der Waals surface area (Å²) in [4.78, 5) is 41.0. The highest BCUT2D eigenvalue weighted by Crippen LogP contribution is 2.33. The molecule has 2 amide bonds. The second-order valence-electron chi connectivity index (χ2n) is 8.70. The van der Waals surface area contributed by atoms with E-state index in [-0.39, 0.29) is 30.7 Å².